The number of aromatic nitrogens is 2. The molecular weight excluding hydrogens is 434 g/mol. The maximum absolute atomic E-state index is 13.2. The topological polar surface area (TPSA) is 143 Å². The average Bonchev–Trinajstić information content (AvgIpc) is 3.44. The van der Waals surface area contributed by atoms with Crippen LogP contribution in [-0.2, 0) is 27.8 Å². The molecular formula is C25H29N5O4. The SMILES string of the molecule is COC(C(=O)O)(C(=O)Nc1ccc2c(c1)nc(Cc1ccc(C(=N)N)cc1)n2C)C1CCCC1. The van der Waals surface area contributed by atoms with Crippen LogP contribution in [0.4, 0.5) is 5.69 Å². The highest BCUT2D eigenvalue weighted by Crippen LogP contribution is 2.37. The number of nitrogens with one attached hydrogen (secondary N) is 2. The number of methoxy groups -OCH3 is 1. The van der Waals surface area contributed by atoms with Gasteiger partial charge in [0.25, 0.3) is 5.91 Å². The van der Waals surface area contributed by atoms with Gasteiger partial charge in [0.1, 0.15) is 11.7 Å². The third-order valence-corrected chi connectivity index (χ3v) is 6.77. The van der Waals surface area contributed by atoms with Crippen LogP contribution in [0, 0.1) is 11.3 Å². The Morgan fingerprint density at radius 3 is 2.50 bits per heavy atom. The Bertz CT molecular complexity index is 1240. The molecule has 34 heavy (non-hydrogen) atoms. The van der Waals surface area contributed by atoms with Crippen molar-refractivity contribution in [2.75, 3.05) is 12.4 Å². The number of amides is 1. The van der Waals surface area contributed by atoms with Crippen LogP contribution >= 0.6 is 0 Å². The summed E-state index contributed by atoms with van der Waals surface area (Å²) in [7, 11) is 3.20. The fraction of sp³-hybridized carbons (Fsp3) is 0.360. The number of nitrogens with two attached hydrogens (primary N) is 1. The van der Waals surface area contributed by atoms with E-state index in [-0.39, 0.29) is 11.8 Å². The van der Waals surface area contributed by atoms with Crippen LogP contribution in [0.5, 0.6) is 0 Å². The van der Waals surface area contributed by atoms with Gasteiger partial charge in [-0.2, -0.15) is 0 Å². The van der Waals surface area contributed by atoms with E-state index in [9.17, 15) is 14.7 Å². The molecule has 1 unspecified atom stereocenters. The highest BCUT2D eigenvalue weighted by atomic mass is 16.5. The van der Waals surface area contributed by atoms with E-state index in [1.165, 1.54) is 7.11 Å². The van der Waals surface area contributed by atoms with E-state index < -0.39 is 17.5 Å². The van der Waals surface area contributed by atoms with Gasteiger partial charge in [0.2, 0.25) is 5.60 Å². The zero-order valence-corrected chi connectivity index (χ0v) is 19.3. The molecule has 0 spiro atoms. The number of carboxylic acid groups (broad SMARTS) is 1. The number of carboxylic acids is 1. The van der Waals surface area contributed by atoms with Crippen molar-refractivity contribution in [3.63, 3.8) is 0 Å². The lowest BCUT2D eigenvalue weighted by atomic mass is 9.84. The van der Waals surface area contributed by atoms with Crippen LogP contribution in [0.2, 0.25) is 0 Å². The molecule has 2 aromatic carbocycles. The van der Waals surface area contributed by atoms with Gasteiger partial charge in [-0.25, -0.2) is 9.78 Å². The number of aryl methyl sites for hydroxylation is 1. The smallest absolute Gasteiger partial charge is 0.346 e. The average molecular weight is 464 g/mol. The van der Waals surface area contributed by atoms with Crippen molar-refractivity contribution >= 4 is 34.4 Å². The van der Waals surface area contributed by atoms with Crippen molar-refractivity contribution in [1.82, 2.24) is 9.55 Å². The standard InChI is InChI=1S/C25H29N5O4/c1-30-20-12-11-18(28-23(31)25(34-2,24(32)33)17-5-3-4-6-17)14-19(20)29-21(30)13-15-7-9-16(10-8-15)22(26)27/h7-12,14,17H,3-6,13H2,1-2H3,(H3,26,27)(H,28,31)(H,32,33). The Morgan fingerprint density at radius 1 is 1.24 bits per heavy atom. The van der Waals surface area contributed by atoms with Crippen molar-refractivity contribution in [2.24, 2.45) is 18.7 Å². The molecule has 1 aliphatic rings. The minimum absolute atomic E-state index is 0.0252. The highest BCUT2D eigenvalue weighted by Gasteiger charge is 2.54. The fourth-order valence-electron chi connectivity index (χ4n) is 4.83. The molecule has 9 nitrogen and oxygen atoms in total. The summed E-state index contributed by atoms with van der Waals surface area (Å²) in [4.78, 5) is 30.0. The monoisotopic (exact) mass is 463 g/mol. The van der Waals surface area contributed by atoms with Gasteiger partial charge in [0.15, 0.2) is 0 Å². The van der Waals surface area contributed by atoms with E-state index in [1.54, 1.807) is 12.1 Å². The summed E-state index contributed by atoms with van der Waals surface area (Å²) in [6, 6.07) is 12.8. The van der Waals surface area contributed by atoms with Crippen molar-refractivity contribution < 1.29 is 19.4 Å². The molecule has 0 bridgehead atoms. The molecule has 178 valence electrons. The molecule has 0 aliphatic heterocycles. The molecule has 1 aliphatic carbocycles. The first kappa shape index (κ1) is 23.4. The Kier molecular flexibility index (Phi) is 6.39. The van der Waals surface area contributed by atoms with Gasteiger partial charge in [0, 0.05) is 37.7 Å². The maximum Gasteiger partial charge on any atom is 0.346 e. The Balaban J connectivity index is 1.58. The fourth-order valence-corrected chi connectivity index (χ4v) is 4.83. The number of anilines is 1. The normalized spacial score (nSPS) is 15.8. The summed E-state index contributed by atoms with van der Waals surface area (Å²) >= 11 is 0. The Labute approximate surface area is 197 Å². The minimum Gasteiger partial charge on any atom is -0.479 e. The van der Waals surface area contributed by atoms with Crippen molar-refractivity contribution in [1.29, 1.82) is 5.41 Å². The predicted octanol–water partition coefficient (Wildman–Crippen LogP) is 3.05. The summed E-state index contributed by atoms with van der Waals surface area (Å²) in [5.41, 5.74) is 7.35. The molecule has 1 saturated carbocycles. The third kappa shape index (κ3) is 4.14. The number of carbonyl (C=O) groups is 2. The predicted molar refractivity (Wildman–Crippen MR) is 129 cm³/mol. The first-order chi connectivity index (χ1) is 16.3. The lowest BCUT2D eigenvalue weighted by molar-refractivity contribution is -0.174. The van der Waals surface area contributed by atoms with E-state index in [0.717, 1.165) is 29.7 Å². The van der Waals surface area contributed by atoms with Gasteiger partial charge in [-0.1, -0.05) is 37.1 Å². The Morgan fingerprint density at radius 2 is 1.91 bits per heavy atom. The number of nitrogen functional groups attached to an aromatic ring is 1. The quantitative estimate of drug-likeness (QED) is 0.230. The summed E-state index contributed by atoms with van der Waals surface area (Å²) in [5, 5.41) is 20.2. The third-order valence-electron chi connectivity index (χ3n) is 6.77. The number of rotatable bonds is 8. The number of carbonyl (C=O) groups excluding carboxylic acids is 1. The number of hydrogen-bond donors (Lipinski definition) is 4. The molecule has 4 rings (SSSR count). The van der Waals surface area contributed by atoms with Crippen molar-refractivity contribution in [2.45, 2.75) is 37.7 Å². The van der Waals surface area contributed by atoms with Gasteiger partial charge in [-0.05, 0) is 36.6 Å². The molecule has 3 aromatic rings. The summed E-state index contributed by atoms with van der Waals surface area (Å²) in [5.74, 6) is -1.45. The van der Waals surface area contributed by atoms with Crippen LogP contribution < -0.4 is 11.1 Å². The van der Waals surface area contributed by atoms with E-state index in [0.29, 0.717) is 36.0 Å². The Hall–Kier alpha value is -3.72. The second-order valence-electron chi connectivity index (χ2n) is 8.76. The van der Waals surface area contributed by atoms with E-state index in [2.05, 4.69) is 5.32 Å². The summed E-state index contributed by atoms with van der Waals surface area (Å²) in [6.45, 7) is 0. The van der Waals surface area contributed by atoms with E-state index in [4.69, 9.17) is 20.9 Å². The van der Waals surface area contributed by atoms with Crippen LogP contribution in [-0.4, -0.2) is 45.1 Å². The molecule has 1 aromatic heterocycles. The number of hydrogen-bond acceptors (Lipinski definition) is 5. The molecule has 0 saturated heterocycles. The molecule has 1 amide bonds. The maximum atomic E-state index is 13.2. The molecule has 1 heterocycles. The van der Waals surface area contributed by atoms with Gasteiger partial charge >= 0.3 is 5.97 Å². The van der Waals surface area contributed by atoms with Crippen molar-refractivity contribution in [3.05, 3.63) is 59.4 Å². The zero-order chi connectivity index (χ0) is 24.5. The van der Waals surface area contributed by atoms with Gasteiger partial charge in [-0.15, -0.1) is 0 Å². The van der Waals surface area contributed by atoms with Crippen LogP contribution in [0.25, 0.3) is 11.0 Å². The second-order valence-corrected chi connectivity index (χ2v) is 8.76. The van der Waals surface area contributed by atoms with Crippen molar-refractivity contribution in [3.8, 4) is 0 Å². The first-order valence-corrected chi connectivity index (χ1v) is 11.2. The molecule has 0 radical (unpaired) electrons. The zero-order valence-electron chi connectivity index (χ0n) is 19.3. The lowest BCUT2D eigenvalue weighted by Crippen LogP contribution is -2.56. The van der Waals surface area contributed by atoms with Crippen LogP contribution in [0.3, 0.4) is 0 Å². The largest absolute Gasteiger partial charge is 0.479 e. The number of fused-ring (bicyclic) bond motifs is 1. The van der Waals surface area contributed by atoms with E-state index >= 15 is 0 Å². The number of ether oxygens (including phenoxy) is 1. The number of aliphatic carboxylic acids is 1. The summed E-state index contributed by atoms with van der Waals surface area (Å²) < 4.78 is 7.35. The first-order valence-electron chi connectivity index (χ1n) is 11.2. The van der Waals surface area contributed by atoms with Gasteiger partial charge in [0.05, 0.1) is 11.0 Å². The molecule has 9 heteroatoms. The molecule has 5 N–H and O–H groups in total. The second kappa shape index (κ2) is 9.26. The highest BCUT2D eigenvalue weighted by molar-refractivity contribution is 6.12. The molecule has 1 atom stereocenters. The van der Waals surface area contributed by atoms with Crippen LogP contribution in [0.1, 0.15) is 42.6 Å². The summed E-state index contributed by atoms with van der Waals surface area (Å²) in [6.07, 6.45) is 3.64. The van der Waals surface area contributed by atoms with Crippen LogP contribution in [0.15, 0.2) is 42.5 Å². The van der Waals surface area contributed by atoms with E-state index in [1.807, 2.05) is 41.9 Å². The number of amidine groups is 1. The van der Waals surface area contributed by atoms with Gasteiger partial charge in [-0.3, -0.25) is 10.2 Å². The van der Waals surface area contributed by atoms with Gasteiger partial charge < -0.3 is 25.5 Å². The number of nitrogens with zero attached hydrogens (tertiary/aromatic N) is 2. The number of benzene rings is 2. The lowest BCUT2D eigenvalue weighted by Gasteiger charge is -2.32. The molecule has 1 fully saturated rings. The minimum atomic E-state index is -1.91. The number of imidazole rings is 1.